The molecule has 46 heavy (non-hydrogen) atoms. The van der Waals surface area contributed by atoms with Gasteiger partial charge in [0.2, 0.25) is 5.91 Å². The van der Waals surface area contributed by atoms with Gasteiger partial charge in [0.15, 0.2) is 11.5 Å². The Kier molecular flexibility index (Phi) is 13.4. The van der Waals surface area contributed by atoms with Crippen LogP contribution in [-0.4, -0.2) is 65.0 Å². The van der Waals surface area contributed by atoms with Gasteiger partial charge in [-0.1, -0.05) is 17.7 Å². The third-order valence-electron chi connectivity index (χ3n) is 7.37. The summed E-state index contributed by atoms with van der Waals surface area (Å²) < 4.78 is 11.1. The number of amides is 2. The minimum atomic E-state index is -1.01. The first kappa shape index (κ1) is 39.2. The highest BCUT2D eigenvalue weighted by Crippen LogP contribution is 2.34. The van der Waals surface area contributed by atoms with Gasteiger partial charge in [-0.3, -0.25) is 19.2 Å². The lowest BCUT2D eigenvalue weighted by atomic mass is 9.97. The van der Waals surface area contributed by atoms with Crippen LogP contribution in [0.5, 0.6) is 11.5 Å². The number of carbonyl (C=O) groups is 4. The van der Waals surface area contributed by atoms with Crippen molar-refractivity contribution in [2.24, 2.45) is 10.8 Å². The summed E-state index contributed by atoms with van der Waals surface area (Å²) in [7, 11) is 0. The fourth-order valence-electron chi connectivity index (χ4n) is 4.42. The quantitative estimate of drug-likeness (QED) is 0.212. The summed E-state index contributed by atoms with van der Waals surface area (Å²) in [5.41, 5.74) is -1.29. The molecule has 1 aliphatic heterocycles. The van der Waals surface area contributed by atoms with Crippen LogP contribution in [0.1, 0.15) is 90.3 Å². The van der Waals surface area contributed by atoms with E-state index in [1.165, 1.54) is 12.1 Å². The van der Waals surface area contributed by atoms with Gasteiger partial charge in [0.05, 0.1) is 16.9 Å². The molecule has 1 saturated heterocycles. The van der Waals surface area contributed by atoms with Gasteiger partial charge in [-0.2, -0.15) is 0 Å². The second-order valence-electron chi connectivity index (χ2n) is 14.1. The fraction of sp³-hybridized carbons (Fsp3) is 0.529. The van der Waals surface area contributed by atoms with Crippen LogP contribution in [-0.2, 0) is 14.4 Å². The molecule has 2 amide bonds. The number of β-amino-alcohol motifs (C(OH)–C–C–N with tert-alkyl or cyclic N) is 1. The summed E-state index contributed by atoms with van der Waals surface area (Å²) in [6, 6.07) is 10.6. The normalized spacial score (nSPS) is 15.9. The van der Waals surface area contributed by atoms with Crippen molar-refractivity contribution in [3.05, 3.63) is 58.6 Å². The SMILES string of the molecule is Br.CC(C)(CNC(=O)C1CCCN1C(=O)c1ccc(Cl)cc1)NCC(O)c1ccc(OC(=O)C(C)(C)C)c(OC(=O)C(C)(C)C)c1. The molecule has 3 rings (SSSR count). The van der Waals surface area contributed by atoms with Gasteiger partial charge in [0.25, 0.3) is 5.91 Å². The molecule has 2 aromatic carbocycles. The van der Waals surface area contributed by atoms with E-state index in [1.54, 1.807) is 76.8 Å². The Morgan fingerprint density at radius 3 is 2.04 bits per heavy atom. The summed E-state index contributed by atoms with van der Waals surface area (Å²) in [4.78, 5) is 53.0. The van der Waals surface area contributed by atoms with Crippen molar-refractivity contribution >= 4 is 52.3 Å². The molecule has 12 heteroatoms. The lowest BCUT2D eigenvalue weighted by molar-refractivity contribution is -0.145. The van der Waals surface area contributed by atoms with E-state index in [1.807, 2.05) is 13.8 Å². The molecule has 2 aromatic rings. The zero-order chi connectivity index (χ0) is 33.7. The Balaban J connectivity index is 0.00000736. The number of benzene rings is 2. The first-order valence-electron chi connectivity index (χ1n) is 15.1. The molecule has 3 N–H and O–H groups in total. The van der Waals surface area contributed by atoms with Crippen LogP contribution in [0, 0.1) is 10.8 Å². The van der Waals surface area contributed by atoms with E-state index >= 15 is 0 Å². The number of nitrogens with one attached hydrogen (secondary N) is 2. The second kappa shape index (κ2) is 15.7. The molecule has 1 heterocycles. The highest BCUT2D eigenvalue weighted by atomic mass is 79.9. The van der Waals surface area contributed by atoms with E-state index in [9.17, 15) is 24.3 Å². The van der Waals surface area contributed by atoms with Crippen molar-refractivity contribution < 1.29 is 33.8 Å². The van der Waals surface area contributed by atoms with E-state index in [0.717, 1.165) is 6.42 Å². The lowest BCUT2D eigenvalue weighted by Gasteiger charge is -2.30. The Bertz CT molecular complexity index is 1400. The van der Waals surface area contributed by atoms with Crippen molar-refractivity contribution in [2.45, 2.75) is 85.9 Å². The molecule has 2 atom stereocenters. The molecule has 254 valence electrons. The first-order valence-corrected chi connectivity index (χ1v) is 15.5. The van der Waals surface area contributed by atoms with Crippen LogP contribution in [0.25, 0.3) is 0 Å². The highest BCUT2D eigenvalue weighted by Gasteiger charge is 2.35. The predicted molar refractivity (Wildman–Crippen MR) is 183 cm³/mol. The number of rotatable bonds is 10. The summed E-state index contributed by atoms with van der Waals surface area (Å²) in [5.74, 6) is -1.36. The number of ether oxygens (including phenoxy) is 2. The number of hydrogen-bond donors (Lipinski definition) is 3. The van der Waals surface area contributed by atoms with Gasteiger partial charge >= 0.3 is 11.9 Å². The summed E-state index contributed by atoms with van der Waals surface area (Å²) in [5, 5.41) is 17.8. The van der Waals surface area contributed by atoms with Gasteiger partial charge in [-0.25, -0.2) is 0 Å². The smallest absolute Gasteiger partial charge is 0.316 e. The maximum atomic E-state index is 13.1. The Labute approximate surface area is 287 Å². The average molecular weight is 725 g/mol. The number of carbonyl (C=O) groups excluding carboxylic acids is 4. The van der Waals surface area contributed by atoms with Crippen molar-refractivity contribution in [1.82, 2.24) is 15.5 Å². The second-order valence-corrected chi connectivity index (χ2v) is 14.6. The first-order chi connectivity index (χ1) is 20.8. The standard InChI is InChI=1S/C34H46ClN3O7.BrH/c1-32(2,3)30(42)44-26-16-13-22(18-27(26)45-31(43)33(4,5)6)25(39)19-37-34(7,8)20-36-28(40)24-10-9-17-38(24)29(41)21-11-14-23(35)15-12-21;/h11-16,18,24-25,37,39H,9-10,17,19-20H2,1-8H3,(H,36,40);1H. The maximum absolute atomic E-state index is 13.1. The number of esters is 2. The van der Waals surface area contributed by atoms with Gasteiger partial charge in [0.1, 0.15) is 6.04 Å². The average Bonchev–Trinajstić information content (AvgIpc) is 3.45. The monoisotopic (exact) mass is 723 g/mol. The molecular weight excluding hydrogens is 678 g/mol. The molecule has 0 radical (unpaired) electrons. The van der Waals surface area contributed by atoms with E-state index in [-0.39, 0.29) is 53.4 Å². The Hall–Kier alpha value is -2.99. The van der Waals surface area contributed by atoms with Crippen LogP contribution in [0.2, 0.25) is 5.02 Å². The molecule has 0 aromatic heterocycles. The Morgan fingerprint density at radius 1 is 0.913 bits per heavy atom. The van der Waals surface area contributed by atoms with Gasteiger partial charge in [-0.05, 0) is 110 Å². The largest absolute Gasteiger partial charge is 0.422 e. The predicted octanol–water partition coefficient (Wildman–Crippen LogP) is 5.64. The van der Waals surface area contributed by atoms with Crippen molar-refractivity contribution in [1.29, 1.82) is 0 Å². The van der Waals surface area contributed by atoms with E-state index < -0.39 is 40.5 Å². The van der Waals surface area contributed by atoms with Crippen molar-refractivity contribution in [3.8, 4) is 11.5 Å². The molecule has 0 aliphatic carbocycles. The van der Waals surface area contributed by atoms with Gasteiger partial charge in [-0.15, -0.1) is 17.0 Å². The number of aliphatic hydroxyl groups excluding tert-OH is 1. The molecule has 0 spiro atoms. The molecule has 0 saturated carbocycles. The molecule has 0 bridgehead atoms. The summed E-state index contributed by atoms with van der Waals surface area (Å²) in [6.07, 6.45) is 0.287. The highest BCUT2D eigenvalue weighted by molar-refractivity contribution is 8.93. The lowest BCUT2D eigenvalue weighted by Crippen LogP contribution is -2.53. The van der Waals surface area contributed by atoms with Crippen LogP contribution in [0.3, 0.4) is 0 Å². The minimum Gasteiger partial charge on any atom is -0.422 e. The molecule has 1 aliphatic rings. The van der Waals surface area contributed by atoms with Crippen molar-refractivity contribution in [3.63, 3.8) is 0 Å². The van der Waals surface area contributed by atoms with Crippen LogP contribution in [0.4, 0.5) is 0 Å². The van der Waals surface area contributed by atoms with E-state index in [2.05, 4.69) is 10.6 Å². The number of nitrogens with zero attached hydrogens (tertiary/aromatic N) is 1. The summed E-state index contributed by atoms with van der Waals surface area (Å²) in [6.45, 7) is 14.9. The van der Waals surface area contributed by atoms with E-state index in [0.29, 0.717) is 29.1 Å². The molecular formula is C34H47BrClN3O7. The minimum absolute atomic E-state index is 0. The van der Waals surface area contributed by atoms with E-state index in [4.69, 9.17) is 21.1 Å². The zero-order valence-corrected chi connectivity index (χ0v) is 30.3. The fourth-order valence-corrected chi connectivity index (χ4v) is 4.55. The van der Waals surface area contributed by atoms with Crippen molar-refractivity contribution in [2.75, 3.05) is 19.6 Å². The third kappa shape index (κ3) is 10.8. The molecule has 10 nitrogen and oxygen atoms in total. The van der Waals surface area contributed by atoms with Gasteiger partial charge in [0, 0.05) is 35.8 Å². The maximum Gasteiger partial charge on any atom is 0.316 e. The molecule has 2 unspecified atom stereocenters. The van der Waals surface area contributed by atoms with Crippen LogP contribution >= 0.6 is 28.6 Å². The zero-order valence-electron chi connectivity index (χ0n) is 27.9. The Morgan fingerprint density at radius 2 is 1.48 bits per heavy atom. The number of hydrogen-bond acceptors (Lipinski definition) is 8. The number of aliphatic hydroxyl groups is 1. The third-order valence-corrected chi connectivity index (χ3v) is 7.62. The molecule has 1 fully saturated rings. The topological polar surface area (TPSA) is 134 Å². The number of likely N-dealkylation sites (tertiary alicyclic amines) is 1. The van der Waals surface area contributed by atoms with Crippen LogP contribution < -0.4 is 20.1 Å². The van der Waals surface area contributed by atoms with Gasteiger partial charge < -0.3 is 30.1 Å². The van der Waals surface area contributed by atoms with Crippen LogP contribution in [0.15, 0.2) is 42.5 Å². The summed E-state index contributed by atoms with van der Waals surface area (Å²) >= 11 is 5.95. The number of halogens is 2.